The van der Waals surface area contributed by atoms with Crippen molar-refractivity contribution in [1.29, 1.82) is 0 Å². The molecule has 5 nitrogen and oxygen atoms in total. The third-order valence-corrected chi connectivity index (χ3v) is 7.82. The summed E-state index contributed by atoms with van der Waals surface area (Å²) in [5.41, 5.74) is 4.83. The molecule has 4 rings (SSSR count). The molecule has 1 amide bonds. The fourth-order valence-corrected chi connectivity index (χ4v) is 4.84. The Morgan fingerprint density at radius 3 is 2.43 bits per heavy atom. The van der Waals surface area contributed by atoms with E-state index in [4.69, 9.17) is 11.6 Å². The highest BCUT2D eigenvalue weighted by Crippen LogP contribution is 2.32. The van der Waals surface area contributed by atoms with Crippen molar-refractivity contribution in [2.24, 2.45) is 5.92 Å². The summed E-state index contributed by atoms with van der Waals surface area (Å²) in [6.07, 6.45) is 18.3. The van der Waals surface area contributed by atoms with Gasteiger partial charge < -0.3 is 14.9 Å². The number of likely N-dealkylation sites (tertiary alicyclic amines) is 1. The Bertz CT molecular complexity index is 1190. The summed E-state index contributed by atoms with van der Waals surface area (Å²) in [6, 6.07) is 11.9. The van der Waals surface area contributed by atoms with Crippen LogP contribution >= 0.6 is 11.6 Å². The van der Waals surface area contributed by atoms with E-state index in [1.54, 1.807) is 6.20 Å². The Labute approximate surface area is 273 Å². The van der Waals surface area contributed by atoms with Gasteiger partial charge in [-0.05, 0) is 56.4 Å². The number of rotatable bonds is 10. The summed E-state index contributed by atoms with van der Waals surface area (Å²) in [5, 5.41) is 10.3. The second-order valence-electron chi connectivity index (χ2n) is 11.3. The molecule has 0 saturated carbocycles. The minimum atomic E-state index is 0.00660. The maximum absolute atomic E-state index is 11.2. The first-order chi connectivity index (χ1) is 21.2. The summed E-state index contributed by atoms with van der Waals surface area (Å²) in [5.74, 6) is 1.25. The van der Waals surface area contributed by atoms with E-state index in [1.807, 2.05) is 62.1 Å². The standard InChI is InChI=1S/C21H21ClN2O.C10H19NO.C5H12.C2H6/c1-3-19(14-25)24-13-17(10-9-15(24)2)20-8-5-11-23-21(20)16-6-4-7-18(22)12-16;1-2-3-4-5-8-11-9-6-7-10(11)12;1-4-5(2)3;1-2/h3-13,15,25H,14H2,1-2H3;2-9H2,1H3;5H,4H2,1-3H3;1-2H3/b19-3-;;;. The zero-order valence-corrected chi connectivity index (χ0v) is 29.4. The SMILES string of the molecule is C/C=C(/CO)N1C=C(c2cccnc2-c2cccc(Cl)c2)C=CC1C.CC.CCC(C)C.CCCCCCN1CCCC1=O. The van der Waals surface area contributed by atoms with Crippen LogP contribution in [0.15, 0.2) is 72.7 Å². The van der Waals surface area contributed by atoms with Gasteiger partial charge in [0.2, 0.25) is 5.91 Å². The number of benzene rings is 1. The van der Waals surface area contributed by atoms with Gasteiger partial charge in [-0.2, -0.15) is 0 Å². The van der Waals surface area contributed by atoms with Crippen molar-refractivity contribution >= 4 is 23.1 Å². The molecule has 2 aliphatic rings. The highest BCUT2D eigenvalue weighted by atomic mass is 35.5. The summed E-state index contributed by atoms with van der Waals surface area (Å²) in [6.45, 7) is 18.9. The molecular formula is C38H58ClN3O2. The lowest BCUT2D eigenvalue weighted by atomic mass is 9.97. The summed E-state index contributed by atoms with van der Waals surface area (Å²) in [4.78, 5) is 19.8. The monoisotopic (exact) mass is 623 g/mol. The van der Waals surface area contributed by atoms with E-state index < -0.39 is 0 Å². The van der Waals surface area contributed by atoms with Gasteiger partial charge in [-0.1, -0.05) is 115 Å². The average molecular weight is 624 g/mol. The predicted octanol–water partition coefficient (Wildman–Crippen LogP) is 10.2. The molecule has 1 atom stereocenters. The Morgan fingerprint density at radius 1 is 1.14 bits per heavy atom. The van der Waals surface area contributed by atoms with Crippen LogP contribution in [0.25, 0.3) is 16.8 Å². The number of aromatic nitrogens is 1. The molecule has 244 valence electrons. The van der Waals surface area contributed by atoms with Crippen molar-refractivity contribution in [3.8, 4) is 11.3 Å². The van der Waals surface area contributed by atoms with Crippen molar-refractivity contribution in [3.05, 3.63) is 83.3 Å². The number of hydrogen-bond donors (Lipinski definition) is 1. The number of pyridine rings is 1. The lowest BCUT2D eigenvalue weighted by Crippen LogP contribution is -2.29. The first-order valence-electron chi connectivity index (χ1n) is 16.7. The molecule has 3 heterocycles. The Balaban J connectivity index is 0.000000423. The number of aliphatic hydroxyl groups is 1. The first kappa shape index (κ1) is 39.1. The van der Waals surface area contributed by atoms with Gasteiger partial charge in [0.1, 0.15) is 0 Å². The minimum Gasteiger partial charge on any atom is -0.390 e. The molecule has 6 heteroatoms. The van der Waals surface area contributed by atoms with Gasteiger partial charge in [-0.25, -0.2) is 0 Å². The van der Waals surface area contributed by atoms with Crippen LogP contribution in [-0.2, 0) is 4.79 Å². The van der Waals surface area contributed by atoms with E-state index >= 15 is 0 Å². The van der Waals surface area contributed by atoms with Crippen molar-refractivity contribution in [1.82, 2.24) is 14.8 Å². The largest absolute Gasteiger partial charge is 0.390 e. The van der Waals surface area contributed by atoms with Crippen LogP contribution in [0.5, 0.6) is 0 Å². The predicted molar refractivity (Wildman–Crippen MR) is 190 cm³/mol. The number of aliphatic hydroxyl groups excluding tert-OH is 1. The van der Waals surface area contributed by atoms with Crippen LogP contribution in [0.4, 0.5) is 0 Å². The number of halogens is 1. The van der Waals surface area contributed by atoms with Crippen LogP contribution in [0.3, 0.4) is 0 Å². The highest BCUT2D eigenvalue weighted by molar-refractivity contribution is 6.30. The van der Waals surface area contributed by atoms with Gasteiger partial charge >= 0.3 is 0 Å². The number of nitrogens with zero attached hydrogens (tertiary/aromatic N) is 3. The van der Waals surface area contributed by atoms with Crippen LogP contribution < -0.4 is 0 Å². The second kappa shape index (κ2) is 22.6. The van der Waals surface area contributed by atoms with Gasteiger partial charge in [0, 0.05) is 59.8 Å². The molecule has 1 fully saturated rings. The van der Waals surface area contributed by atoms with Crippen molar-refractivity contribution in [2.45, 2.75) is 106 Å². The number of hydrogen-bond acceptors (Lipinski definition) is 4. The molecule has 1 saturated heterocycles. The minimum absolute atomic E-state index is 0.00660. The third-order valence-electron chi connectivity index (χ3n) is 7.58. The molecule has 2 aromatic rings. The molecule has 2 aliphatic heterocycles. The average Bonchev–Trinajstić information content (AvgIpc) is 3.46. The van der Waals surface area contributed by atoms with Gasteiger partial charge in [-0.3, -0.25) is 9.78 Å². The first-order valence-corrected chi connectivity index (χ1v) is 17.1. The third kappa shape index (κ3) is 13.4. The van der Waals surface area contributed by atoms with Crippen LogP contribution in [0, 0.1) is 5.92 Å². The topological polar surface area (TPSA) is 56.7 Å². The van der Waals surface area contributed by atoms with Crippen molar-refractivity contribution in [3.63, 3.8) is 0 Å². The van der Waals surface area contributed by atoms with Crippen LogP contribution in [0.2, 0.25) is 5.02 Å². The lowest BCUT2D eigenvalue weighted by Gasteiger charge is -2.31. The second-order valence-corrected chi connectivity index (χ2v) is 11.7. The summed E-state index contributed by atoms with van der Waals surface area (Å²) in [7, 11) is 0. The van der Waals surface area contributed by atoms with E-state index in [9.17, 15) is 9.90 Å². The van der Waals surface area contributed by atoms with Crippen molar-refractivity contribution < 1.29 is 9.90 Å². The quantitative estimate of drug-likeness (QED) is 0.268. The fourth-order valence-electron chi connectivity index (χ4n) is 4.65. The molecule has 1 N–H and O–H groups in total. The molecular weight excluding hydrogens is 566 g/mol. The van der Waals surface area contributed by atoms with Gasteiger partial charge in [0.15, 0.2) is 0 Å². The zero-order chi connectivity index (χ0) is 32.9. The molecule has 1 aromatic heterocycles. The molecule has 1 aromatic carbocycles. The Hall–Kier alpha value is -2.89. The van der Waals surface area contributed by atoms with Gasteiger partial charge in [0.05, 0.1) is 12.3 Å². The van der Waals surface area contributed by atoms with E-state index in [0.717, 1.165) is 59.9 Å². The van der Waals surface area contributed by atoms with Crippen molar-refractivity contribution in [2.75, 3.05) is 19.7 Å². The number of allylic oxidation sites excluding steroid dienone is 3. The number of unbranched alkanes of at least 4 members (excludes halogenated alkanes) is 3. The van der Waals surface area contributed by atoms with E-state index in [2.05, 4.69) is 68.9 Å². The number of carbonyl (C=O) groups excluding carboxylic acids is 1. The normalized spacial score (nSPS) is 16.0. The molecule has 0 bridgehead atoms. The number of carbonyl (C=O) groups is 1. The molecule has 0 radical (unpaired) electrons. The summed E-state index contributed by atoms with van der Waals surface area (Å²) >= 11 is 6.15. The Kier molecular flexibility index (Phi) is 20.1. The maximum Gasteiger partial charge on any atom is 0.222 e. The molecule has 44 heavy (non-hydrogen) atoms. The molecule has 1 unspecified atom stereocenters. The van der Waals surface area contributed by atoms with Crippen LogP contribution in [-0.4, -0.2) is 51.5 Å². The lowest BCUT2D eigenvalue weighted by molar-refractivity contribution is -0.127. The zero-order valence-electron chi connectivity index (χ0n) is 28.7. The van der Waals surface area contributed by atoms with E-state index in [-0.39, 0.29) is 12.6 Å². The molecule has 0 spiro atoms. The smallest absolute Gasteiger partial charge is 0.222 e. The van der Waals surface area contributed by atoms with Gasteiger partial charge in [-0.15, -0.1) is 0 Å². The van der Waals surface area contributed by atoms with Gasteiger partial charge in [0.25, 0.3) is 0 Å². The van der Waals surface area contributed by atoms with E-state index in [0.29, 0.717) is 10.9 Å². The summed E-state index contributed by atoms with van der Waals surface area (Å²) < 4.78 is 0. The molecule has 0 aliphatic carbocycles. The van der Waals surface area contributed by atoms with Crippen LogP contribution in [0.1, 0.15) is 106 Å². The van der Waals surface area contributed by atoms with E-state index in [1.165, 1.54) is 32.1 Å². The highest BCUT2D eigenvalue weighted by Gasteiger charge is 2.20. The fraction of sp³-hybridized carbons (Fsp3) is 0.526. The number of amides is 1. The maximum atomic E-state index is 11.2. The Morgan fingerprint density at radius 2 is 1.86 bits per heavy atom.